The van der Waals surface area contributed by atoms with Gasteiger partial charge in [0.15, 0.2) is 6.29 Å². The van der Waals surface area contributed by atoms with E-state index in [2.05, 4.69) is 4.98 Å². The van der Waals surface area contributed by atoms with Gasteiger partial charge in [0.1, 0.15) is 5.82 Å². The van der Waals surface area contributed by atoms with Crippen LogP contribution in [-0.2, 0) is 0 Å². The quantitative estimate of drug-likeness (QED) is 0.750. The third-order valence-corrected chi connectivity index (χ3v) is 2.54. The Balaban J connectivity index is 2.86. The molecule has 2 rings (SSSR count). The number of fused-ring (bicyclic) bond motifs is 1. The Bertz CT molecular complexity index is 514. The SMILES string of the molecule is CC(C)c1[nH]c2cccc(F)c2c1C=O. The lowest BCUT2D eigenvalue weighted by molar-refractivity contribution is 0.112. The molecule has 1 heterocycles. The van der Waals surface area contributed by atoms with Gasteiger partial charge in [0, 0.05) is 22.2 Å². The second-order valence-corrected chi connectivity index (χ2v) is 3.89. The zero-order valence-corrected chi connectivity index (χ0v) is 8.67. The number of H-pyrrole nitrogens is 1. The van der Waals surface area contributed by atoms with Gasteiger partial charge in [-0.3, -0.25) is 4.79 Å². The van der Waals surface area contributed by atoms with Gasteiger partial charge in [0.2, 0.25) is 0 Å². The minimum absolute atomic E-state index is 0.178. The summed E-state index contributed by atoms with van der Waals surface area (Å²) in [5.41, 5.74) is 1.92. The van der Waals surface area contributed by atoms with Crippen molar-refractivity contribution in [2.45, 2.75) is 19.8 Å². The van der Waals surface area contributed by atoms with Gasteiger partial charge in [0.05, 0.1) is 0 Å². The first-order valence-electron chi connectivity index (χ1n) is 4.90. The fourth-order valence-corrected chi connectivity index (χ4v) is 1.83. The van der Waals surface area contributed by atoms with Crippen molar-refractivity contribution >= 4 is 17.2 Å². The molecular weight excluding hydrogens is 193 g/mol. The highest BCUT2D eigenvalue weighted by atomic mass is 19.1. The molecule has 0 saturated heterocycles. The standard InChI is InChI=1S/C12H12FNO/c1-7(2)12-8(6-15)11-9(13)4-3-5-10(11)14-12/h3-7,14H,1-2H3. The molecular formula is C12H12FNO. The highest BCUT2D eigenvalue weighted by Gasteiger charge is 2.15. The number of benzene rings is 1. The van der Waals surface area contributed by atoms with Gasteiger partial charge in [-0.1, -0.05) is 19.9 Å². The van der Waals surface area contributed by atoms with E-state index >= 15 is 0 Å². The van der Waals surface area contributed by atoms with Gasteiger partial charge in [-0.25, -0.2) is 4.39 Å². The normalized spacial score (nSPS) is 11.2. The van der Waals surface area contributed by atoms with Crippen molar-refractivity contribution in [1.29, 1.82) is 0 Å². The summed E-state index contributed by atoms with van der Waals surface area (Å²) in [6.07, 6.45) is 0.719. The maximum absolute atomic E-state index is 13.5. The first-order valence-corrected chi connectivity index (χ1v) is 4.90. The Kier molecular flexibility index (Phi) is 2.31. The monoisotopic (exact) mass is 205 g/mol. The van der Waals surface area contributed by atoms with E-state index in [1.54, 1.807) is 12.1 Å². The number of carbonyl (C=O) groups excluding carboxylic acids is 1. The maximum atomic E-state index is 13.5. The molecule has 0 atom stereocenters. The Morgan fingerprint density at radius 2 is 2.13 bits per heavy atom. The average molecular weight is 205 g/mol. The second-order valence-electron chi connectivity index (χ2n) is 3.89. The van der Waals surface area contributed by atoms with E-state index in [0.717, 1.165) is 12.0 Å². The van der Waals surface area contributed by atoms with E-state index in [1.807, 2.05) is 13.8 Å². The van der Waals surface area contributed by atoms with Crippen LogP contribution in [0.25, 0.3) is 10.9 Å². The molecule has 0 fully saturated rings. The van der Waals surface area contributed by atoms with Gasteiger partial charge in [0.25, 0.3) is 0 Å². The number of aldehydes is 1. The number of hydrogen-bond acceptors (Lipinski definition) is 1. The molecule has 78 valence electrons. The van der Waals surface area contributed by atoms with Crippen molar-refractivity contribution < 1.29 is 9.18 Å². The molecule has 0 aliphatic heterocycles. The minimum Gasteiger partial charge on any atom is -0.357 e. The van der Waals surface area contributed by atoms with E-state index in [0.29, 0.717) is 16.5 Å². The number of aromatic amines is 1. The molecule has 0 unspecified atom stereocenters. The molecule has 0 amide bonds. The Morgan fingerprint density at radius 3 is 2.73 bits per heavy atom. The Morgan fingerprint density at radius 1 is 1.40 bits per heavy atom. The lowest BCUT2D eigenvalue weighted by atomic mass is 10.0. The van der Waals surface area contributed by atoms with E-state index < -0.39 is 0 Å². The predicted octanol–water partition coefficient (Wildman–Crippen LogP) is 3.24. The van der Waals surface area contributed by atoms with Gasteiger partial charge in [-0.05, 0) is 18.1 Å². The number of hydrogen-bond donors (Lipinski definition) is 1. The van der Waals surface area contributed by atoms with Crippen LogP contribution in [0, 0.1) is 5.82 Å². The number of aromatic nitrogens is 1. The van der Waals surface area contributed by atoms with Crippen molar-refractivity contribution in [2.75, 3.05) is 0 Å². The summed E-state index contributed by atoms with van der Waals surface area (Å²) < 4.78 is 13.5. The lowest BCUT2D eigenvalue weighted by Crippen LogP contribution is -1.92. The molecule has 1 aromatic carbocycles. The summed E-state index contributed by atoms with van der Waals surface area (Å²) in [7, 11) is 0. The van der Waals surface area contributed by atoms with Gasteiger partial charge < -0.3 is 4.98 Å². The minimum atomic E-state index is -0.349. The third-order valence-electron chi connectivity index (χ3n) is 2.54. The second kappa shape index (κ2) is 3.50. The first-order chi connectivity index (χ1) is 7.15. The highest BCUT2D eigenvalue weighted by Crippen LogP contribution is 2.27. The van der Waals surface area contributed by atoms with Crippen LogP contribution in [0.3, 0.4) is 0 Å². The van der Waals surface area contributed by atoms with Crippen molar-refractivity contribution in [3.8, 4) is 0 Å². The van der Waals surface area contributed by atoms with Crippen molar-refractivity contribution in [1.82, 2.24) is 4.98 Å². The molecule has 1 N–H and O–H groups in total. The zero-order chi connectivity index (χ0) is 11.0. The van der Waals surface area contributed by atoms with Crippen LogP contribution in [0.15, 0.2) is 18.2 Å². The number of halogens is 1. The van der Waals surface area contributed by atoms with Gasteiger partial charge in [-0.2, -0.15) is 0 Å². The fourth-order valence-electron chi connectivity index (χ4n) is 1.83. The summed E-state index contributed by atoms with van der Waals surface area (Å²) in [5, 5.41) is 0.399. The average Bonchev–Trinajstić information content (AvgIpc) is 2.57. The number of carbonyl (C=O) groups is 1. The Labute approximate surface area is 87.1 Å². The summed E-state index contributed by atoms with van der Waals surface area (Å²) in [6, 6.07) is 4.78. The van der Waals surface area contributed by atoms with Crippen LogP contribution in [0.5, 0.6) is 0 Å². The van der Waals surface area contributed by atoms with E-state index in [4.69, 9.17) is 0 Å². The van der Waals surface area contributed by atoms with Gasteiger partial charge in [-0.15, -0.1) is 0 Å². The number of rotatable bonds is 2. The van der Waals surface area contributed by atoms with Gasteiger partial charge >= 0.3 is 0 Å². The van der Waals surface area contributed by atoms with Crippen molar-refractivity contribution in [3.63, 3.8) is 0 Å². The van der Waals surface area contributed by atoms with Crippen molar-refractivity contribution in [3.05, 3.63) is 35.3 Å². The zero-order valence-electron chi connectivity index (χ0n) is 8.67. The van der Waals surface area contributed by atoms with Crippen LogP contribution in [0.2, 0.25) is 0 Å². The summed E-state index contributed by atoms with van der Waals surface area (Å²) in [4.78, 5) is 14.1. The fraction of sp³-hybridized carbons (Fsp3) is 0.250. The highest BCUT2D eigenvalue weighted by molar-refractivity contribution is 5.99. The van der Waals surface area contributed by atoms with Crippen LogP contribution in [0.4, 0.5) is 4.39 Å². The molecule has 0 aliphatic rings. The first kappa shape index (κ1) is 9.90. The lowest BCUT2D eigenvalue weighted by Gasteiger charge is -2.01. The third kappa shape index (κ3) is 1.44. The van der Waals surface area contributed by atoms with Crippen LogP contribution in [-0.4, -0.2) is 11.3 Å². The molecule has 0 aliphatic carbocycles. The Hall–Kier alpha value is -1.64. The molecule has 0 radical (unpaired) electrons. The molecule has 0 saturated carbocycles. The summed E-state index contributed by atoms with van der Waals surface area (Å²) in [6.45, 7) is 3.94. The van der Waals surface area contributed by atoms with E-state index in [1.165, 1.54) is 6.07 Å². The smallest absolute Gasteiger partial charge is 0.152 e. The predicted molar refractivity (Wildman–Crippen MR) is 57.7 cm³/mol. The molecule has 0 bridgehead atoms. The van der Waals surface area contributed by atoms with E-state index in [9.17, 15) is 9.18 Å². The molecule has 1 aromatic heterocycles. The molecule has 0 spiro atoms. The summed E-state index contributed by atoms with van der Waals surface area (Å²) >= 11 is 0. The molecule has 2 aromatic rings. The van der Waals surface area contributed by atoms with Crippen LogP contribution < -0.4 is 0 Å². The summed E-state index contributed by atoms with van der Waals surface area (Å²) in [5.74, 6) is -0.172. The maximum Gasteiger partial charge on any atom is 0.152 e. The molecule has 2 nitrogen and oxygen atoms in total. The number of nitrogens with one attached hydrogen (secondary N) is 1. The van der Waals surface area contributed by atoms with E-state index in [-0.39, 0.29) is 11.7 Å². The van der Waals surface area contributed by atoms with Crippen LogP contribution in [0.1, 0.15) is 35.8 Å². The van der Waals surface area contributed by atoms with Crippen molar-refractivity contribution in [2.24, 2.45) is 0 Å². The molecule has 15 heavy (non-hydrogen) atoms. The molecule has 3 heteroatoms. The topological polar surface area (TPSA) is 32.9 Å². The largest absolute Gasteiger partial charge is 0.357 e. The van der Waals surface area contributed by atoms with Crippen LogP contribution >= 0.6 is 0 Å².